The van der Waals surface area contributed by atoms with Crippen molar-refractivity contribution in [2.45, 2.75) is 0 Å². The highest BCUT2D eigenvalue weighted by Gasteiger charge is 2.02. The number of aromatic nitrogens is 3. The monoisotopic (exact) mass is 225 g/mol. The summed E-state index contributed by atoms with van der Waals surface area (Å²) in [6.07, 6.45) is 3.41. The molecular formula is C9H12ClN5. The van der Waals surface area contributed by atoms with Gasteiger partial charge in [-0.05, 0) is 11.6 Å². The Kier molecular flexibility index (Phi) is 4.56. The second-order valence-corrected chi connectivity index (χ2v) is 2.93. The van der Waals surface area contributed by atoms with Gasteiger partial charge in [0, 0.05) is 13.1 Å². The van der Waals surface area contributed by atoms with E-state index in [1.807, 2.05) is 0 Å². The van der Waals surface area contributed by atoms with Crippen LogP contribution in [0.15, 0.2) is 25.3 Å². The summed E-state index contributed by atoms with van der Waals surface area (Å²) in [5.74, 6) is 0.836. The fourth-order valence-electron chi connectivity index (χ4n) is 0.835. The Hall–Kier alpha value is -1.62. The molecule has 0 spiro atoms. The Balaban J connectivity index is 2.74. The lowest BCUT2D eigenvalue weighted by molar-refractivity contribution is 1.02. The Bertz CT molecular complexity index is 322. The van der Waals surface area contributed by atoms with Gasteiger partial charge in [-0.2, -0.15) is 15.0 Å². The van der Waals surface area contributed by atoms with Crippen molar-refractivity contribution in [2.24, 2.45) is 0 Å². The highest BCUT2D eigenvalue weighted by atomic mass is 35.5. The maximum atomic E-state index is 5.71. The molecule has 0 saturated heterocycles. The molecule has 0 aliphatic rings. The highest BCUT2D eigenvalue weighted by molar-refractivity contribution is 6.28. The number of hydrogen-bond acceptors (Lipinski definition) is 5. The fourth-order valence-corrected chi connectivity index (χ4v) is 0.995. The van der Waals surface area contributed by atoms with Crippen molar-refractivity contribution in [1.29, 1.82) is 0 Å². The lowest BCUT2D eigenvalue weighted by atomic mass is 10.6. The molecule has 1 aromatic rings. The minimum Gasteiger partial charge on any atom is -0.351 e. The van der Waals surface area contributed by atoms with E-state index in [4.69, 9.17) is 11.6 Å². The first-order chi connectivity index (χ1) is 7.26. The molecule has 1 rings (SSSR count). The minimum absolute atomic E-state index is 0.142. The van der Waals surface area contributed by atoms with Crippen molar-refractivity contribution in [3.8, 4) is 0 Å². The third-order valence-electron chi connectivity index (χ3n) is 1.42. The van der Waals surface area contributed by atoms with E-state index in [-0.39, 0.29) is 5.28 Å². The first-order valence-corrected chi connectivity index (χ1v) is 4.75. The van der Waals surface area contributed by atoms with E-state index in [0.717, 1.165) is 0 Å². The van der Waals surface area contributed by atoms with Gasteiger partial charge in [0.15, 0.2) is 0 Å². The molecule has 0 unspecified atom stereocenters. The predicted molar refractivity (Wildman–Crippen MR) is 62.2 cm³/mol. The molecule has 0 radical (unpaired) electrons. The Morgan fingerprint density at radius 2 is 1.47 bits per heavy atom. The molecule has 0 bridgehead atoms. The number of nitrogens with one attached hydrogen (secondary N) is 2. The third-order valence-corrected chi connectivity index (χ3v) is 1.59. The average Bonchev–Trinajstić information content (AvgIpc) is 2.23. The lowest BCUT2D eigenvalue weighted by Gasteiger charge is -2.05. The molecule has 6 heteroatoms. The SMILES string of the molecule is C=CCNc1nc(Cl)nc(NCC=C)n1. The van der Waals surface area contributed by atoms with Crippen LogP contribution in [0, 0.1) is 0 Å². The van der Waals surface area contributed by atoms with Crippen molar-refractivity contribution >= 4 is 23.5 Å². The van der Waals surface area contributed by atoms with Gasteiger partial charge in [0.05, 0.1) is 0 Å². The molecule has 15 heavy (non-hydrogen) atoms. The number of anilines is 2. The largest absolute Gasteiger partial charge is 0.351 e. The third kappa shape index (κ3) is 3.95. The second kappa shape index (κ2) is 5.98. The van der Waals surface area contributed by atoms with E-state index in [9.17, 15) is 0 Å². The summed E-state index contributed by atoms with van der Waals surface area (Å²) in [6.45, 7) is 8.29. The van der Waals surface area contributed by atoms with Crippen LogP contribution in [0.3, 0.4) is 0 Å². The molecule has 0 aliphatic carbocycles. The predicted octanol–water partition coefficient (Wildman–Crippen LogP) is 1.72. The zero-order chi connectivity index (χ0) is 11.1. The van der Waals surface area contributed by atoms with Gasteiger partial charge < -0.3 is 10.6 Å². The summed E-state index contributed by atoms with van der Waals surface area (Å²) in [4.78, 5) is 11.9. The fraction of sp³-hybridized carbons (Fsp3) is 0.222. The van der Waals surface area contributed by atoms with Gasteiger partial charge in [-0.15, -0.1) is 13.2 Å². The standard InChI is InChI=1S/C9H12ClN5/c1-3-5-11-8-13-7(10)14-9(15-8)12-6-4-2/h3-4H,1-2,5-6H2,(H2,11,12,13,14,15). The Morgan fingerprint density at radius 1 is 1.00 bits per heavy atom. The molecule has 0 saturated carbocycles. The zero-order valence-electron chi connectivity index (χ0n) is 8.20. The molecule has 5 nitrogen and oxygen atoms in total. The number of rotatable bonds is 6. The Labute approximate surface area is 93.3 Å². The normalized spacial score (nSPS) is 9.40. The summed E-state index contributed by atoms with van der Waals surface area (Å²) in [7, 11) is 0. The number of nitrogens with zero attached hydrogens (tertiary/aromatic N) is 3. The minimum atomic E-state index is 0.142. The molecule has 80 valence electrons. The summed E-state index contributed by atoms with van der Waals surface area (Å²) in [6, 6.07) is 0. The quantitative estimate of drug-likeness (QED) is 0.722. The maximum Gasteiger partial charge on any atom is 0.229 e. The van der Waals surface area contributed by atoms with Crippen molar-refractivity contribution in [3.05, 3.63) is 30.6 Å². The molecule has 1 heterocycles. The molecule has 1 aromatic heterocycles. The molecule has 0 fully saturated rings. The summed E-state index contributed by atoms with van der Waals surface area (Å²) in [5.41, 5.74) is 0. The van der Waals surface area contributed by atoms with E-state index < -0.39 is 0 Å². The van der Waals surface area contributed by atoms with Crippen LogP contribution in [0.2, 0.25) is 5.28 Å². The van der Waals surface area contributed by atoms with Crippen LogP contribution in [-0.2, 0) is 0 Å². The van der Waals surface area contributed by atoms with Crippen molar-refractivity contribution in [2.75, 3.05) is 23.7 Å². The van der Waals surface area contributed by atoms with Gasteiger partial charge in [0.25, 0.3) is 0 Å². The van der Waals surface area contributed by atoms with E-state index >= 15 is 0 Å². The first-order valence-electron chi connectivity index (χ1n) is 4.37. The molecule has 0 amide bonds. The molecule has 0 aliphatic heterocycles. The van der Waals surface area contributed by atoms with E-state index in [1.165, 1.54) is 0 Å². The van der Waals surface area contributed by atoms with Gasteiger partial charge in [-0.1, -0.05) is 12.2 Å². The van der Waals surface area contributed by atoms with Gasteiger partial charge in [0.2, 0.25) is 17.2 Å². The second-order valence-electron chi connectivity index (χ2n) is 2.59. The van der Waals surface area contributed by atoms with Gasteiger partial charge in [-0.25, -0.2) is 0 Å². The van der Waals surface area contributed by atoms with Crippen LogP contribution in [0.5, 0.6) is 0 Å². The van der Waals surface area contributed by atoms with Crippen LogP contribution in [-0.4, -0.2) is 28.0 Å². The summed E-state index contributed by atoms with van der Waals surface area (Å²) < 4.78 is 0. The highest BCUT2D eigenvalue weighted by Crippen LogP contribution is 2.08. The topological polar surface area (TPSA) is 62.7 Å². The zero-order valence-corrected chi connectivity index (χ0v) is 8.96. The maximum absolute atomic E-state index is 5.71. The van der Waals surface area contributed by atoms with E-state index in [2.05, 4.69) is 38.7 Å². The average molecular weight is 226 g/mol. The smallest absolute Gasteiger partial charge is 0.229 e. The van der Waals surface area contributed by atoms with Crippen LogP contribution in [0.25, 0.3) is 0 Å². The molecular weight excluding hydrogens is 214 g/mol. The number of hydrogen-bond donors (Lipinski definition) is 2. The van der Waals surface area contributed by atoms with E-state index in [0.29, 0.717) is 25.0 Å². The summed E-state index contributed by atoms with van der Waals surface area (Å²) >= 11 is 5.71. The van der Waals surface area contributed by atoms with Crippen LogP contribution >= 0.6 is 11.6 Å². The van der Waals surface area contributed by atoms with Crippen molar-refractivity contribution < 1.29 is 0 Å². The summed E-state index contributed by atoms with van der Waals surface area (Å²) in [5, 5.41) is 5.98. The molecule has 0 atom stereocenters. The van der Waals surface area contributed by atoms with Gasteiger partial charge in [-0.3, -0.25) is 0 Å². The number of halogens is 1. The van der Waals surface area contributed by atoms with Crippen LogP contribution in [0.1, 0.15) is 0 Å². The first kappa shape index (κ1) is 11.5. The van der Waals surface area contributed by atoms with Crippen LogP contribution in [0.4, 0.5) is 11.9 Å². The Morgan fingerprint density at radius 3 is 1.87 bits per heavy atom. The van der Waals surface area contributed by atoms with Gasteiger partial charge in [0.1, 0.15) is 0 Å². The van der Waals surface area contributed by atoms with Crippen molar-refractivity contribution in [1.82, 2.24) is 15.0 Å². The molecule has 0 aromatic carbocycles. The lowest BCUT2D eigenvalue weighted by Crippen LogP contribution is -2.09. The van der Waals surface area contributed by atoms with Gasteiger partial charge >= 0.3 is 0 Å². The van der Waals surface area contributed by atoms with Crippen LogP contribution < -0.4 is 10.6 Å². The molecule has 2 N–H and O–H groups in total. The van der Waals surface area contributed by atoms with E-state index in [1.54, 1.807) is 12.2 Å². The van der Waals surface area contributed by atoms with Crippen molar-refractivity contribution in [3.63, 3.8) is 0 Å².